The monoisotopic (exact) mass is 256 g/mol. The number of nitrogens with two attached hydrogens (primary N) is 1. The van der Waals surface area contributed by atoms with Crippen molar-refractivity contribution in [1.29, 1.82) is 0 Å². The molecule has 5 nitrogen and oxygen atoms in total. The van der Waals surface area contributed by atoms with Crippen molar-refractivity contribution in [3.05, 3.63) is 41.7 Å². The fourth-order valence-corrected chi connectivity index (χ4v) is 2.41. The third-order valence-electron chi connectivity index (χ3n) is 3.22. The van der Waals surface area contributed by atoms with Gasteiger partial charge < -0.3 is 15.4 Å². The Bertz CT molecular complexity index is 600. The zero-order valence-corrected chi connectivity index (χ0v) is 10.8. The zero-order valence-electron chi connectivity index (χ0n) is 10.8. The topological polar surface area (TPSA) is 64.3 Å². The Morgan fingerprint density at radius 3 is 3.00 bits per heavy atom. The maximum absolute atomic E-state index is 5.84. The molecule has 98 valence electrons. The summed E-state index contributed by atoms with van der Waals surface area (Å²) >= 11 is 0. The van der Waals surface area contributed by atoms with E-state index in [1.807, 2.05) is 6.07 Å². The van der Waals surface area contributed by atoms with E-state index in [1.165, 1.54) is 11.3 Å². The van der Waals surface area contributed by atoms with Crippen LogP contribution >= 0.6 is 0 Å². The highest BCUT2D eigenvalue weighted by molar-refractivity contribution is 5.68. The van der Waals surface area contributed by atoms with E-state index in [-0.39, 0.29) is 0 Å². The van der Waals surface area contributed by atoms with E-state index in [9.17, 15) is 0 Å². The first kappa shape index (κ1) is 11.9. The van der Waals surface area contributed by atoms with E-state index in [4.69, 9.17) is 10.5 Å². The standard InChI is InChI=1S/C14H16N4O/c1-19-9-13-16-12(15)8-14(17-13)18-7-6-10-4-2-3-5-11(10)18/h2-5,8H,6-7,9H2,1H3,(H2,15,16,17). The van der Waals surface area contributed by atoms with E-state index in [0.717, 1.165) is 18.8 Å². The van der Waals surface area contributed by atoms with Gasteiger partial charge in [-0.25, -0.2) is 9.97 Å². The number of fused-ring (bicyclic) bond motifs is 1. The number of anilines is 3. The quantitative estimate of drug-likeness (QED) is 0.908. The number of benzene rings is 1. The Kier molecular flexibility index (Phi) is 3.05. The van der Waals surface area contributed by atoms with Crippen LogP contribution in [0, 0.1) is 0 Å². The molecule has 2 aromatic rings. The van der Waals surface area contributed by atoms with Crippen molar-refractivity contribution < 1.29 is 4.74 Å². The molecule has 0 saturated carbocycles. The van der Waals surface area contributed by atoms with Crippen LogP contribution in [0.15, 0.2) is 30.3 Å². The van der Waals surface area contributed by atoms with Gasteiger partial charge in [-0.2, -0.15) is 0 Å². The van der Waals surface area contributed by atoms with Crippen molar-refractivity contribution in [2.45, 2.75) is 13.0 Å². The normalized spacial score (nSPS) is 13.6. The average molecular weight is 256 g/mol. The van der Waals surface area contributed by atoms with Crippen LogP contribution in [0.25, 0.3) is 0 Å². The highest BCUT2D eigenvalue weighted by Gasteiger charge is 2.21. The lowest BCUT2D eigenvalue weighted by atomic mass is 10.2. The predicted molar refractivity (Wildman–Crippen MR) is 74.3 cm³/mol. The van der Waals surface area contributed by atoms with Gasteiger partial charge in [0.15, 0.2) is 5.82 Å². The van der Waals surface area contributed by atoms with Gasteiger partial charge in [-0.05, 0) is 18.1 Å². The van der Waals surface area contributed by atoms with Crippen LogP contribution in [0.1, 0.15) is 11.4 Å². The molecule has 2 heterocycles. The van der Waals surface area contributed by atoms with Gasteiger partial charge in [-0.1, -0.05) is 18.2 Å². The van der Waals surface area contributed by atoms with Gasteiger partial charge in [0.05, 0.1) is 0 Å². The van der Waals surface area contributed by atoms with Crippen LogP contribution in [0.5, 0.6) is 0 Å². The Morgan fingerprint density at radius 2 is 2.16 bits per heavy atom. The minimum atomic E-state index is 0.369. The minimum absolute atomic E-state index is 0.369. The van der Waals surface area contributed by atoms with Gasteiger partial charge in [0.25, 0.3) is 0 Å². The number of nitrogen functional groups attached to an aromatic ring is 1. The van der Waals surface area contributed by atoms with E-state index in [0.29, 0.717) is 18.2 Å². The van der Waals surface area contributed by atoms with Crippen LogP contribution in [0.4, 0.5) is 17.3 Å². The molecule has 0 bridgehead atoms. The lowest BCUT2D eigenvalue weighted by molar-refractivity contribution is 0.178. The molecule has 1 aliphatic rings. The van der Waals surface area contributed by atoms with Crippen LogP contribution in [0.3, 0.4) is 0 Å². The first-order chi connectivity index (χ1) is 9.28. The highest BCUT2D eigenvalue weighted by atomic mass is 16.5. The van der Waals surface area contributed by atoms with Gasteiger partial charge in [0.1, 0.15) is 18.2 Å². The second-order valence-electron chi connectivity index (χ2n) is 4.53. The summed E-state index contributed by atoms with van der Waals surface area (Å²) in [6.45, 7) is 1.29. The lowest BCUT2D eigenvalue weighted by Crippen LogP contribution is -2.16. The number of ether oxygens (including phenoxy) is 1. The van der Waals surface area contributed by atoms with Crippen LogP contribution in [-0.4, -0.2) is 23.6 Å². The second kappa shape index (κ2) is 4.85. The van der Waals surface area contributed by atoms with E-state index >= 15 is 0 Å². The summed E-state index contributed by atoms with van der Waals surface area (Å²) < 4.78 is 5.07. The number of hydrogen-bond donors (Lipinski definition) is 1. The van der Waals surface area contributed by atoms with Crippen molar-refractivity contribution in [2.75, 3.05) is 24.3 Å². The third kappa shape index (κ3) is 2.24. The summed E-state index contributed by atoms with van der Waals surface area (Å²) in [6, 6.07) is 10.2. The molecule has 1 aromatic carbocycles. The van der Waals surface area contributed by atoms with Gasteiger partial charge in [0.2, 0.25) is 0 Å². The molecule has 0 aliphatic carbocycles. The van der Waals surface area contributed by atoms with Gasteiger partial charge >= 0.3 is 0 Å². The summed E-state index contributed by atoms with van der Waals surface area (Å²) in [4.78, 5) is 10.9. The molecule has 1 aromatic heterocycles. The molecule has 0 fully saturated rings. The van der Waals surface area contributed by atoms with Crippen molar-refractivity contribution in [2.24, 2.45) is 0 Å². The highest BCUT2D eigenvalue weighted by Crippen LogP contribution is 2.33. The molecule has 0 atom stereocenters. The molecule has 2 N–H and O–H groups in total. The summed E-state index contributed by atoms with van der Waals surface area (Å²) in [5, 5.41) is 0. The molecule has 0 radical (unpaired) electrons. The molecule has 3 rings (SSSR count). The summed E-state index contributed by atoms with van der Waals surface area (Å²) in [6.07, 6.45) is 1.03. The maximum atomic E-state index is 5.84. The molecule has 5 heteroatoms. The number of aromatic nitrogens is 2. The summed E-state index contributed by atoms with van der Waals surface area (Å²) in [7, 11) is 1.62. The Balaban J connectivity index is 1.99. The first-order valence-electron chi connectivity index (χ1n) is 6.26. The number of nitrogens with zero attached hydrogens (tertiary/aromatic N) is 3. The smallest absolute Gasteiger partial charge is 0.158 e. The SMILES string of the molecule is COCc1nc(N)cc(N2CCc3ccccc32)n1. The number of para-hydroxylation sites is 1. The molecule has 0 unspecified atom stereocenters. The van der Waals surface area contributed by atoms with Crippen molar-refractivity contribution in [1.82, 2.24) is 9.97 Å². The molecule has 0 saturated heterocycles. The fraction of sp³-hybridized carbons (Fsp3) is 0.286. The van der Waals surface area contributed by atoms with Crippen LogP contribution < -0.4 is 10.6 Å². The van der Waals surface area contributed by atoms with Crippen molar-refractivity contribution >= 4 is 17.3 Å². The molecular formula is C14H16N4O. The Labute approximate surface area is 112 Å². The molecule has 0 spiro atoms. The fourth-order valence-electron chi connectivity index (χ4n) is 2.41. The minimum Gasteiger partial charge on any atom is -0.384 e. The average Bonchev–Trinajstić information content (AvgIpc) is 2.82. The Morgan fingerprint density at radius 1 is 1.32 bits per heavy atom. The number of rotatable bonds is 3. The second-order valence-corrected chi connectivity index (χ2v) is 4.53. The number of hydrogen-bond acceptors (Lipinski definition) is 5. The summed E-state index contributed by atoms with van der Waals surface area (Å²) in [5.41, 5.74) is 8.38. The van der Waals surface area contributed by atoms with Crippen LogP contribution in [-0.2, 0) is 17.8 Å². The predicted octanol–water partition coefficient (Wildman–Crippen LogP) is 1.90. The van der Waals surface area contributed by atoms with Crippen molar-refractivity contribution in [3.8, 4) is 0 Å². The molecule has 0 amide bonds. The van der Waals surface area contributed by atoms with E-state index in [1.54, 1.807) is 13.2 Å². The van der Waals surface area contributed by atoms with Gasteiger partial charge in [-0.3, -0.25) is 0 Å². The third-order valence-corrected chi connectivity index (χ3v) is 3.22. The largest absolute Gasteiger partial charge is 0.384 e. The first-order valence-corrected chi connectivity index (χ1v) is 6.26. The molecule has 19 heavy (non-hydrogen) atoms. The Hall–Kier alpha value is -2.14. The van der Waals surface area contributed by atoms with Gasteiger partial charge in [-0.15, -0.1) is 0 Å². The molecule has 1 aliphatic heterocycles. The van der Waals surface area contributed by atoms with E-state index < -0.39 is 0 Å². The maximum Gasteiger partial charge on any atom is 0.158 e. The lowest BCUT2D eigenvalue weighted by Gasteiger charge is -2.19. The van der Waals surface area contributed by atoms with E-state index in [2.05, 4.69) is 33.1 Å². The molecular weight excluding hydrogens is 240 g/mol. The van der Waals surface area contributed by atoms with Crippen LogP contribution in [0.2, 0.25) is 0 Å². The van der Waals surface area contributed by atoms with Crippen molar-refractivity contribution in [3.63, 3.8) is 0 Å². The van der Waals surface area contributed by atoms with Gasteiger partial charge in [0, 0.05) is 25.4 Å². The summed E-state index contributed by atoms with van der Waals surface area (Å²) in [5.74, 6) is 1.92. The number of methoxy groups -OCH3 is 1. The zero-order chi connectivity index (χ0) is 13.2.